The fraction of sp³-hybridized carbons (Fsp3) is 0.455. The Balaban J connectivity index is 1.48. The van der Waals surface area contributed by atoms with Gasteiger partial charge in [0, 0.05) is 25.8 Å². The van der Waals surface area contributed by atoms with Gasteiger partial charge in [-0.15, -0.1) is 0 Å². The molecule has 1 atom stereocenters. The minimum absolute atomic E-state index is 0.0886. The van der Waals surface area contributed by atoms with E-state index in [1.54, 1.807) is 42.1 Å². The van der Waals surface area contributed by atoms with Gasteiger partial charge in [-0.25, -0.2) is 18.2 Å². The van der Waals surface area contributed by atoms with Crippen molar-refractivity contribution in [2.75, 3.05) is 20.2 Å². The number of pyridine rings is 1. The van der Waals surface area contributed by atoms with Crippen molar-refractivity contribution in [3.8, 4) is 5.75 Å². The lowest BCUT2D eigenvalue weighted by Gasteiger charge is -2.32. The van der Waals surface area contributed by atoms with Crippen molar-refractivity contribution < 1.29 is 13.2 Å². The summed E-state index contributed by atoms with van der Waals surface area (Å²) in [7, 11) is -2.12. The quantitative estimate of drug-likeness (QED) is 0.586. The Kier molecular flexibility index (Phi) is 5.10. The number of aromatic nitrogens is 3. The van der Waals surface area contributed by atoms with Crippen LogP contribution in [0.3, 0.4) is 0 Å². The Morgan fingerprint density at radius 2 is 1.90 bits per heavy atom. The van der Waals surface area contributed by atoms with Crippen molar-refractivity contribution in [2.45, 2.75) is 43.2 Å². The highest BCUT2D eigenvalue weighted by Gasteiger charge is 2.34. The molecule has 1 aromatic carbocycles. The summed E-state index contributed by atoms with van der Waals surface area (Å²) < 4.78 is 36.7. The lowest BCUT2D eigenvalue weighted by atomic mass is 10.1. The predicted molar refractivity (Wildman–Crippen MR) is 117 cm³/mol. The van der Waals surface area contributed by atoms with E-state index in [1.165, 1.54) is 4.31 Å². The average molecular weight is 443 g/mol. The molecular weight excluding hydrogens is 416 g/mol. The number of ether oxygens (including phenoxy) is 1. The first-order valence-electron chi connectivity index (χ1n) is 10.7. The second-order valence-electron chi connectivity index (χ2n) is 8.39. The molecule has 3 heterocycles. The number of sulfonamides is 1. The molecule has 9 heteroatoms. The summed E-state index contributed by atoms with van der Waals surface area (Å²) in [6.45, 7) is 1.40. The van der Waals surface area contributed by atoms with Gasteiger partial charge in [0.1, 0.15) is 5.75 Å². The molecule has 2 fully saturated rings. The van der Waals surface area contributed by atoms with Crippen molar-refractivity contribution in [1.29, 1.82) is 0 Å². The van der Waals surface area contributed by atoms with Gasteiger partial charge in [-0.05, 0) is 68.0 Å². The smallest absolute Gasteiger partial charge is 0.330 e. The summed E-state index contributed by atoms with van der Waals surface area (Å²) in [5.74, 6) is 1.16. The van der Waals surface area contributed by atoms with Crippen LogP contribution in [0.15, 0.2) is 52.3 Å². The third-order valence-electron chi connectivity index (χ3n) is 6.28. The molecule has 1 aliphatic carbocycles. The van der Waals surface area contributed by atoms with E-state index in [4.69, 9.17) is 4.74 Å². The first-order chi connectivity index (χ1) is 15.0. The normalized spacial score (nSPS) is 20.2. The minimum Gasteiger partial charge on any atom is -0.497 e. The molecule has 1 saturated carbocycles. The Bertz CT molecular complexity index is 1260. The summed E-state index contributed by atoms with van der Waals surface area (Å²) in [6, 6.07) is 9.95. The highest BCUT2D eigenvalue weighted by atomic mass is 32.2. The van der Waals surface area contributed by atoms with E-state index < -0.39 is 10.0 Å². The number of imidazole rings is 1. The first kappa shape index (κ1) is 20.3. The van der Waals surface area contributed by atoms with E-state index in [1.807, 2.05) is 16.7 Å². The zero-order valence-electron chi connectivity index (χ0n) is 17.5. The van der Waals surface area contributed by atoms with Gasteiger partial charge in [0.25, 0.3) is 0 Å². The van der Waals surface area contributed by atoms with Crippen LogP contribution < -0.4 is 10.4 Å². The third-order valence-corrected chi connectivity index (χ3v) is 8.16. The number of fused-ring (bicyclic) bond motifs is 1. The van der Waals surface area contributed by atoms with Gasteiger partial charge in [-0.1, -0.05) is 0 Å². The number of hydrogen-bond donors (Lipinski definition) is 0. The van der Waals surface area contributed by atoms with Gasteiger partial charge in [0.2, 0.25) is 10.0 Å². The number of rotatable bonds is 6. The van der Waals surface area contributed by atoms with Gasteiger partial charge in [0.15, 0.2) is 5.65 Å². The molecule has 1 aliphatic heterocycles. The molecule has 164 valence electrons. The van der Waals surface area contributed by atoms with Crippen LogP contribution >= 0.6 is 0 Å². The standard InChI is InChI=1S/C22H26N4O4S/c1-30-18-8-10-19(11-9-18)31(28,29)24-13-3-4-17(15-24)26-21-20(5-2-12-23-21)25(22(26)27)14-16-6-7-16/h2,5,8-12,16-17H,3-4,6-7,13-15H2,1H3/t17-/m0/s1. The fourth-order valence-corrected chi connectivity index (χ4v) is 5.94. The van der Waals surface area contributed by atoms with Crippen LogP contribution in [0.25, 0.3) is 11.2 Å². The molecule has 2 aliphatic rings. The SMILES string of the molecule is COc1ccc(S(=O)(=O)N2CCC[C@H](n3c(=O)n(CC4CC4)c4cccnc43)C2)cc1. The van der Waals surface area contributed by atoms with Crippen molar-refractivity contribution in [2.24, 2.45) is 5.92 Å². The fourth-order valence-electron chi connectivity index (χ4n) is 4.42. The molecule has 0 spiro atoms. The van der Waals surface area contributed by atoms with E-state index in [0.717, 1.165) is 24.8 Å². The van der Waals surface area contributed by atoms with Gasteiger partial charge < -0.3 is 4.74 Å². The Hall–Kier alpha value is -2.65. The molecule has 0 radical (unpaired) electrons. The number of nitrogens with zero attached hydrogens (tertiary/aromatic N) is 4. The lowest BCUT2D eigenvalue weighted by Crippen LogP contribution is -2.43. The molecule has 8 nitrogen and oxygen atoms in total. The predicted octanol–water partition coefficient (Wildman–Crippen LogP) is 2.64. The zero-order chi connectivity index (χ0) is 21.6. The average Bonchev–Trinajstić information content (AvgIpc) is 3.58. The maximum absolute atomic E-state index is 13.4. The largest absolute Gasteiger partial charge is 0.497 e. The molecule has 3 aromatic rings. The van der Waals surface area contributed by atoms with Crippen molar-refractivity contribution in [1.82, 2.24) is 18.4 Å². The lowest BCUT2D eigenvalue weighted by molar-refractivity contribution is 0.265. The Morgan fingerprint density at radius 3 is 2.61 bits per heavy atom. The molecule has 2 aromatic heterocycles. The van der Waals surface area contributed by atoms with E-state index in [9.17, 15) is 13.2 Å². The van der Waals surface area contributed by atoms with Crippen LogP contribution in [-0.4, -0.2) is 47.0 Å². The van der Waals surface area contributed by atoms with Crippen LogP contribution in [0.5, 0.6) is 5.75 Å². The van der Waals surface area contributed by atoms with Gasteiger partial charge in [0.05, 0.1) is 23.6 Å². The van der Waals surface area contributed by atoms with Crippen LogP contribution in [0, 0.1) is 5.92 Å². The molecule has 31 heavy (non-hydrogen) atoms. The Labute approximate surface area is 181 Å². The topological polar surface area (TPSA) is 86.4 Å². The Morgan fingerprint density at radius 1 is 1.13 bits per heavy atom. The molecule has 1 saturated heterocycles. The summed E-state index contributed by atoms with van der Waals surface area (Å²) in [4.78, 5) is 18.1. The number of hydrogen-bond acceptors (Lipinski definition) is 5. The summed E-state index contributed by atoms with van der Waals surface area (Å²) in [5.41, 5.74) is 1.38. The van der Waals surface area contributed by atoms with Crippen molar-refractivity contribution >= 4 is 21.2 Å². The molecule has 5 rings (SSSR count). The number of methoxy groups -OCH3 is 1. The summed E-state index contributed by atoms with van der Waals surface area (Å²) in [6.07, 6.45) is 5.42. The second kappa shape index (κ2) is 7.80. The molecular formula is C22H26N4O4S. The number of benzene rings is 1. The van der Waals surface area contributed by atoms with E-state index in [2.05, 4.69) is 4.98 Å². The van der Waals surface area contributed by atoms with E-state index in [-0.39, 0.29) is 23.2 Å². The maximum Gasteiger partial charge on any atom is 0.330 e. The zero-order valence-corrected chi connectivity index (χ0v) is 18.3. The highest BCUT2D eigenvalue weighted by molar-refractivity contribution is 7.89. The second-order valence-corrected chi connectivity index (χ2v) is 10.3. The van der Waals surface area contributed by atoms with Crippen LogP contribution in [-0.2, 0) is 16.6 Å². The van der Waals surface area contributed by atoms with E-state index in [0.29, 0.717) is 36.8 Å². The third kappa shape index (κ3) is 3.65. The summed E-state index contributed by atoms with van der Waals surface area (Å²) in [5, 5.41) is 0. The van der Waals surface area contributed by atoms with Gasteiger partial charge in [-0.3, -0.25) is 9.13 Å². The highest BCUT2D eigenvalue weighted by Crippen LogP contribution is 2.32. The summed E-state index contributed by atoms with van der Waals surface area (Å²) >= 11 is 0. The van der Waals surface area contributed by atoms with Crippen molar-refractivity contribution in [3.63, 3.8) is 0 Å². The van der Waals surface area contributed by atoms with Crippen molar-refractivity contribution in [3.05, 3.63) is 53.1 Å². The van der Waals surface area contributed by atoms with Gasteiger partial charge in [-0.2, -0.15) is 4.31 Å². The first-order valence-corrected chi connectivity index (χ1v) is 12.1. The van der Waals surface area contributed by atoms with Crippen LogP contribution in [0.2, 0.25) is 0 Å². The van der Waals surface area contributed by atoms with E-state index >= 15 is 0 Å². The molecule has 0 unspecified atom stereocenters. The minimum atomic E-state index is -3.66. The number of piperidine rings is 1. The molecule has 0 N–H and O–H groups in total. The van der Waals surface area contributed by atoms with Crippen LogP contribution in [0.1, 0.15) is 31.7 Å². The monoisotopic (exact) mass is 442 g/mol. The molecule has 0 bridgehead atoms. The van der Waals surface area contributed by atoms with Crippen LogP contribution in [0.4, 0.5) is 0 Å². The maximum atomic E-state index is 13.4. The molecule has 0 amide bonds. The van der Waals surface area contributed by atoms with Gasteiger partial charge >= 0.3 is 5.69 Å².